The molecule has 73 heavy (non-hydrogen) atoms. The van der Waals surface area contributed by atoms with Crippen LogP contribution in [0, 0.1) is 0 Å². The van der Waals surface area contributed by atoms with E-state index in [1.165, 1.54) is 0 Å². The van der Waals surface area contributed by atoms with Gasteiger partial charge in [-0.15, -0.1) is 0 Å². The third-order valence-electron chi connectivity index (χ3n) is 13.0. The molecule has 0 atom stereocenters. The van der Waals surface area contributed by atoms with Crippen molar-refractivity contribution in [2.45, 2.75) is 33.0 Å². The first-order valence-corrected chi connectivity index (χ1v) is 23.7. The van der Waals surface area contributed by atoms with Crippen molar-refractivity contribution in [3.05, 3.63) is 244 Å². The van der Waals surface area contributed by atoms with E-state index in [1.54, 1.807) is 36.4 Å². The first kappa shape index (κ1) is 47.5. The van der Waals surface area contributed by atoms with E-state index in [0.29, 0.717) is 33.7 Å². The Bertz CT molecular complexity index is 3180. The van der Waals surface area contributed by atoms with Gasteiger partial charge >= 0.3 is 29.8 Å². The van der Waals surface area contributed by atoms with E-state index in [2.05, 4.69) is 0 Å². The summed E-state index contributed by atoms with van der Waals surface area (Å²) in [5, 5.41) is 0. The molecule has 0 radical (unpaired) electrons. The number of esters is 5. The van der Waals surface area contributed by atoms with Gasteiger partial charge in [-0.05, 0) is 80.6 Å². The van der Waals surface area contributed by atoms with Gasteiger partial charge in [0, 0.05) is 36.8 Å². The minimum absolute atomic E-state index is 0.0290. The zero-order valence-corrected chi connectivity index (χ0v) is 40.0. The summed E-state index contributed by atoms with van der Waals surface area (Å²) >= 11 is 0. The molecule has 0 aliphatic carbocycles. The van der Waals surface area contributed by atoms with Gasteiger partial charge in [0.2, 0.25) is 0 Å². The molecule has 2 aliphatic rings. The first-order chi connectivity index (χ1) is 35.6. The lowest BCUT2D eigenvalue weighted by Crippen LogP contribution is -2.62. The zero-order valence-electron chi connectivity index (χ0n) is 40.0. The molecule has 0 spiro atoms. The SMILES string of the molecule is CN1c2cc(C(=O)OCc3ccccc3)c(C(=O)OCc3ccccc3)cc2B2c3cc(C(=O)OCc4ccccc4)c(C(=O)OCc4ccccc4)cc3N(C)c3cc(C(=O)OCc4ccccc4)cc1c32. The summed E-state index contributed by atoms with van der Waals surface area (Å²) in [5.74, 6) is -3.64. The molecule has 0 bridgehead atoms. The second-order valence-corrected chi connectivity index (χ2v) is 17.7. The Kier molecular flexibility index (Phi) is 13.7. The van der Waals surface area contributed by atoms with Gasteiger partial charge in [-0.1, -0.05) is 152 Å². The van der Waals surface area contributed by atoms with Gasteiger partial charge in [-0.2, -0.15) is 0 Å². The summed E-state index contributed by atoms with van der Waals surface area (Å²) in [6.07, 6.45) is 0. The number of hydrogen-bond donors (Lipinski definition) is 0. The Morgan fingerprint density at radius 1 is 0.342 bits per heavy atom. The van der Waals surface area contributed by atoms with Crippen LogP contribution in [0.3, 0.4) is 0 Å². The van der Waals surface area contributed by atoms with Crippen molar-refractivity contribution in [1.29, 1.82) is 0 Å². The molecule has 0 saturated carbocycles. The monoisotopic (exact) mass is 966 g/mol. The van der Waals surface area contributed by atoms with Gasteiger partial charge in [0.1, 0.15) is 33.0 Å². The van der Waals surface area contributed by atoms with E-state index >= 15 is 0 Å². The fraction of sp³-hybridized carbons (Fsp3) is 0.117. The Morgan fingerprint density at radius 3 is 0.890 bits per heavy atom. The van der Waals surface area contributed by atoms with Gasteiger partial charge in [-0.25, -0.2) is 24.0 Å². The van der Waals surface area contributed by atoms with Crippen LogP contribution in [-0.2, 0) is 56.7 Å². The van der Waals surface area contributed by atoms with Crippen molar-refractivity contribution in [1.82, 2.24) is 0 Å². The van der Waals surface area contributed by atoms with Crippen molar-refractivity contribution < 1.29 is 47.7 Å². The maximum atomic E-state index is 14.5. The second kappa shape index (κ2) is 21.0. The lowest BCUT2D eigenvalue weighted by molar-refractivity contribution is 0.0425. The Morgan fingerprint density at radius 2 is 0.603 bits per heavy atom. The number of nitrogens with zero attached hydrogens (tertiary/aromatic N) is 2. The second-order valence-electron chi connectivity index (χ2n) is 17.7. The highest BCUT2D eigenvalue weighted by Gasteiger charge is 2.44. The lowest BCUT2D eigenvalue weighted by atomic mass is 9.33. The van der Waals surface area contributed by atoms with Crippen LogP contribution < -0.4 is 26.2 Å². The smallest absolute Gasteiger partial charge is 0.339 e. The fourth-order valence-corrected chi connectivity index (χ4v) is 9.27. The minimum atomic E-state index is -0.765. The maximum absolute atomic E-state index is 14.5. The molecule has 0 unspecified atom stereocenters. The van der Waals surface area contributed by atoms with E-state index in [4.69, 9.17) is 23.7 Å². The van der Waals surface area contributed by atoms with Crippen LogP contribution in [0.2, 0.25) is 0 Å². The number of rotatable bonds is 15. The van der Waals surface area contributed by atoms with Crippen molar-refractivity contribution in [3.63, 3.8) is 0 Å². The topological polar surface area (TPSA) is 138 Å². The summed E-state index contributed by atoms with van der Waals surface area (Å²) in [5.41, 5.74) is 7.87. The molecule has 0 amide bonds. The summed E-state index contributed by atoms with van der Waals surface area (Å²) in [6, 6.07) is 56.1. The molecule has 0 N–H and O–H groups in total. The number of anilines is 4. The zero-order chi connectivity index (χ0) is 50.4. The molecule has 2 aliphatic heterocycles. The van der Waals surface area contributed by atoms with E-state index < -0.39 is 36.6 Å². The van der Waals surface area contributed by atoms with Gasteiger partial charge in [-0.3, -0.25) is 0 Å². The first-order valence-electron chi connectivity index (χ1n) is 23.7. The van der Waals surface area contributed by atoms with Gasteiger partial charge in [0.25, 0.3) is 6.71 Å². The van der Waals surface area contributed by atoms with Crippen LogP contribution in [0.15, 0.2) is 188 Å². The highest BCUT2D eigenvalue weighted by atomic mass is 16.5. The lowest BCUT2D eigenvalue weighted by Gasteiger charge is -2.42. The number of ether oxygens (including phenoxy) is 5. The van der Waals surface area contributed by atoms with Crippen LogP contribution in [0.5, 0.6) is 0 Å². The predicted molar refractivity (Wildman–Crippen MR) is 278 cm³/mol. The number of hydrogen-bond acceptors (Lipinski definition) is 12. The summed E-state index contributed by atoms with van der Waals surface area (Å²) in [6.45, 7) is -0.996. The summed E-state index contributed by atoms with van der Waals surface area (Å²) < 4.78 is 29.5. The van der Waals surface area contributed by atoms with Gasteiger partial charge in [0.05, 0.1) is 27.8 Å². The summed E-state index contributed by atoms with van der Waals surface area (Å²) in [7, 11) is 3.62. The molecule has 360 valence electrons. The van der Waals surface area contributed by atoms with Crippen LogP contribution in [0.1, 0.15) is 79.6 Å². The molecule has 8 aromatic carbocycles. The fourth-order valence-electron chi connectivity index (χ4n) is 9.27. The van der Waals surface area contributed by atoms with E-state index in [1.807, 2.05) is 176 Å². The van der Waals surface area contributed by atoms with E-state index in [-0.39, 0.29) is 60.9 Å². The molecule has 0 fully saturated rings. The average Bonchev–Trinajstić information content (AvgIpc) is 3.44. The van der Waals surface area contributed by atoms with E-state index in [9.17, 15) is 24.0 Å². The van der Waals surface area contributed by atoms with Crippen molar-refractivity contribution >= 4 is 75.7 Å². The molecule has 12 nitrogen and oxygen atoms in total. The third-order valence-corrected chi connectivity index (χ3v) is 13.0. The minimum Gasteiger partial charge on any atom is -0.457 e. The number of carbonyl (C=O) groups excluding carboxylic acids is 5. The third kappa shape index (κ3) is 10.1. The Labute approximate surface area is 422 Å². The van der Waals surface area contributed by atoms with Crippen LogP contribution in [0.4, 0.5) is 22.7 Å². The maximum Gasteiger partial charge on any atom is 0.339 e. The van der Waals surface area contributed by atoms with Crippen molar-refractivity contribution in [3.8, 4) is 0 Å². The largest absolute Gasteiger partial charge is 0.457 e. The normalized spacial score (nSPS) is 11.9. The van der Waals surface area contributed by atoms with Crippen LogP contribution >= 0.6 is 0 Å². The molecule has 2 heterocycles. The number of fused-ring (bicyclic) bond motifs is 4. The predicted octanol–water partition coefficient (Wildman–Crippen LogP) is 9.15. The van der Waals surface area contributed by atoms with Crippen molar-refractivity contribution in [2.24, 2.45) is 0 Å². The van der Waals surface area contributed by atoms with Crippen molar-refractivity contribution in [2.75, 3.05) is 23.9 Å². The number of carbonyl (C=O) groups is 5. The number of benzene rings is 8. The van der Waals surface area contributed by atoms with Gasteiger partial charge in [0.15, 0.2) is 0 Å². The average molecular weight is 967 g/mol. The summed E-state index contributed by atoms with van der Waals surface area (Å²) in [4.78, 5) is 75.5. The van der Waals surface area contributed by atoms with E-state index in [0.717, 1.165) is 33.3 Å². The Balaban J connectivity index is 1.14. The highest BCUT2D eigenvalue weighted by molar-refractivity contribution is 7.00. The highest BCUT2D eigenvalue weighted by Crippen LogP contribution is 2.39. The molecular weight excluding hydrogens is 919 g/mol. The molecule has 0 saturated heterocycles. The van der Waals surface area contributed by atoms with Crippen LogP contribution in [-0.4, -0.2) is 50.7 Å². The van der Waals surface area contributed by atoms with Gasteiger partial charge < -0.3 is 33.5 Å². The molecular formula is C60H47BN2O10. The molecule has 0 aromatic heterocycles. The molecule has 8 aromatic rings. The molecule has 13 heteroatoms. The Hall–Kier alpha value is -9.23. The molecule has 10 rings (SSSR count). The van der Waals surface area contributed by atoms with Crippen LogP contribution in [0.25, 0.3) is 0 Å². The standard InChI is InChI=1S/C60H47BN2O10/c1-62-51-32-47(59(67)72-37-42-24-14-6-15-25-42)45(57(65)70-35-40-20-10-4-11-21-40)30-49(51)61-50-31-46(58(66)71-36-41-22-12-5-13-23-41)48(60(68)73-38-43-26-16-7-17-27-43)33-52(50)63(2)54-29-44(28-53(62)55(54)61)56(64)69-34-39-18-8-3-9-19-39/h3-33H,34-38H2,1-2H3. The quantitative estimate of drug-likeness (QED) is 0.0550.